The highest BCUT2D eigenvalue weighted by molar-refractivity contribution is 7.91. The van der Waals surface area contributed by atoms with Gasteiger partial charge in [0, 0.05) is 48.6 Å². The second-order valence-corrected chi connectivity index (χ2v) is 8.99. The number of nitrogens with zero attached hydrogens (tertiary/aromatic N) is 2. The number of pyridine rings is 1. The highest BCUT2D eigenvalue weighted by atomic mass is 32.2. The van der Waals surface area contributed by atoms with Gasteiger partial charge in [0.1, 0.15) is 0 Å². The van der Waals surface area contributed by atoms with Gasteiger partial charge in [0.25, 0.3) is 0 Å². The van der Waals surface area contributed by atoms with E-state index < -0.39 is 9.84 Å². The summed E-state index contributed by atoms with van der Waals surface area (Å²) < 4.78 is 28.8. The van der Waals surface area contributed by atoms with Crippen LogP contribution in [0.1, 0.15) is 12.0 Å². The molecule has 1 aliphatic heterocycles. The predicted octanol–water partition coefficient (Wildman–Crippen LogP) is 3.26. The summed E-state index contributed by atoms with van der Waals surface area (Å²) in [7, 11) is -1.73. The van der Waals surface area contributed by atoms with Crippen molar-refractivity contribution in [1.82, 2.24) is 19.9 Å². The Balaban J connectivity index is 1.67. The van der Waals surface area contributed by atoms with Gasteiger partial charge in [-0.2, -0.15) is 0 Å². The van der Waals surface area contributed by atoms with Crippen LogP contribution in [-0.2, 0) is 16.9 Å². The van der Waals surface area contributed by atoms with Crippen LogP contribution in [-0.4, -0.2) is 36.0 Å². The number of aromatic amines is 1. The van der Waals surface area contributed by atoms with Crippen molar-refractivity contribution in [2.45, 2.75) is 16.2 Å². The standard InChI is InChI=1S/C21H20N4O2S/c1-25-11-7-15-12-16(2-3-18(15)25)28(26,27)19-6-10-23-20-17(13-24-21(19)20)14-4-8-22-9-5-14/h2-4,6-7,10-13,22,24H,5,8-9H2,1H3. The third-order valence-electron chi connectivity index (χ3n) is 5.40. The van der Waals surface area contributed by atoms with Gasteiger partial charge in [-0.1, -0.05) is 6.08 Å². The highest BCUT2D eigenvalue weighted by Gasteiger charge is 2.24. The molecule has 4 heterocycles. The van der Waals surface area contributed by atoms with Crippen molar-refractivity contribution >= 4 is 37.3 Å². The first-order valence-corrected chi connectivity index (χ1v) is 10.7. The smallest absolute Gasteiger partial charge is 0.208 e. The van der Waals surface area contributed by atoms with E-state index in [0.717, 1.165) is 36.0 Å². The average molecular weight is 392 g/mol. The fraction of sp³-hybridized carbons (Fsp3) is 0.190. The topological polar surface area (TPSA) is 79.8 Å². The molecule has 3 aromatic heterocycles. The van der Waals surface area contributed by atoms with Crippen LogP contribution in [0.2, 0.25) is 0 Å². The van der Waals surface area contributed by atoms with Crippen LogP contribution < -0.4 is 5.32 Å². The summed E-state index contributed by atoms with van der Waals surface area (Å²) in [6.07, 6.45) is 8.41. The lowest BCUT2D eigenvalue weighted by Gasteiger charge is -2.13. The Kier molecular flexibility index (Phi) is 3.89. The summed E-state index contributed by atoms with van der Waals surface area (Å²) in [4.78, 5) is 8.19. The van der Waals surface area contributed by atoms with Crippen LogP contribution in [0, 0.1) is 0 Å². The number of hydrogen-bond donors (Lipinski definition) is 2. The number of aryl methyl sites for hydroxylation is 1. The van der Waals surface area contributed by atoms with Gasteiger partial charge in [-0.25, -0.2) is 8.42 Å². The number of rotatable bonds is 3. The van der Waals surface area contributed by atoms with Crippen LogP contribution in [0.3, 0.4) is 0 Å². The maximum Gasteiger partial charge on any atom is 0.208 e. The maximum atomic E-state index is 13.4. The van der Waals surface area contributed by atoms with E-state index in [4.69, 9.17) is 0 Å². The second kappa shape index (κ2) is 6.32. The lowest BCUT2D eigenvalue weighted by atomic mass is 10.0. The van der Waals surface area contributed by atoms with E-state index in [0.29, 0.717) is 11.0 Å². The third kappa shape index (κ3) is 2.58. The van der Waals surface area contributed by atoms with Gasteiger partial charge in [0.2, 0.25) is 9.84 Å². The van der Waals surface area contributed by atoms with Gasteiger partial charge in [0.05, 0.1) is 20.8 Å². The molecule has 0 saturated heterocycles. The summed E-state index contributed by atoms with van der Waals surface area (Å²) in [5, 5.41) is 4.20. The quantitative estimate of drug-likeness (QED) is 0.561. The number of H-pyrrole nitrogens is 1. The Morgan fingerprint density at radius 3 is 2.89 bits per heavy atom. The number of sulfone groups is 1. The highest BCUT2D eigenvalue weighted by Crippen LogP contribution is 2.33. The molecule has 28 heavy (non-hydrogen) atoms. The molecule has 0 amide bonds. The molecular weight excluding hydrogens is 372 g/mol. The number of hydrogen-bond acceptors (Lipinski definition) is 4. The first-order valence-electron chi connectivity index (χ1n) is 9.22. The van der Waals surface area contributed by atoms with Crippen molar-refractivity contribution in [2.24, 2.45) is 7.05 Å². The molecule has 1 aromatic carbocycles. The zero-order valence-corrected chi connectivity index (χ0v) is 16.3. The Morgan fingerprint density at radius 2 is 2.07 bits per heavy atom. The minimum Gasteiger partial charge on any atom is -0.358 e. The molecule has 0 bridgehead atoms. The zero-order valence-electron chi connectivity index (χ0n) is 15.4. The predicted molar refractivity (Wildman–Crippen MR) is 110 cm³/mol. The lowest BCUT2D eigenvalue weighted by molar-refractivity contribution is 0.597. The summed E-state index contributed by atoms with van der Waals surface area (Å²) in [5.41, 5.74) is 4.43. The second-order valence-electron chi connectivity index (χ2n) is 7.07. The molecule has 4 aromatic rings. The molecule has 0 unspecified atom stereocenters. The molecule has 0 atom stereocenters. The monoisotopic (exact) mass is 392 g/mol. The molecule has 0 saturated carbocycles. The average Bonchev–Trinajstić information content (AvgIpc) is 3.32. The molecule has 0 fully saturated rings. The largest absolute Gasteiger partial charge is 0.358 e. The van der Waals surface area contributed by atoms with E-state index in [9.17, 15) is 8.42 Å². The van der Waals surface area contributed by atoms with Crippen LogP contribution in [0.15, 0.2) is 64.8 Å². The summed E-state index contributed by atoms with van der Waals surface area (Å²) >= 11 is 0. The molecule has 1 aliphatic rings. The van der Waals surface area contributed by atoms with Crippen LogP contribution in [0.25, 0.3) is 27.5 Å². The van der Waals surface area contributed by atoms with Crippen molar-refractivity contribution < 1.29 is 8.42 Å². The number of fused-ring (bicyclic) bond motifs is 2. The number of aromatic nitrogens is 3. The fourth-order valence-electron chi connectivity index (χ4n) is 3.89. The fourth-order valence-corrected chi connectivity index (χ4v) is 5.34. The Bertz CT molecular complexity index is 1350. The van der Waals surface area contributed by atoms with Crippen molar-refractivity contribution in [1.29, 1.82) is 0 Å². The number of benzene rings is 1. The Hall–Kier alpha value is -2.90. The van der Waals surface area contributed by atoms with E-state index in [1.54, 1.807) is 24.4 Å². The first-order chi connectivity index (χ1) is 13.6. The minimum atomic E-state index is -3.68. The van der Waals surface area contributed by atoms with E-state index >= 15 is 0 Å². The Morgan fingerprint density at radius 1 is 1.18 bits per heavy atom. The lowest BCUT2D eigenvalue weighted by Crippen LogP contribution is -2.19. The van der Waals surface area contributed by atoms with Crippen molar-refractivity contribution in [3.8, 4) is 0 Å². The molecule has 2 N–H and O–H groups in total. The minimum absolute atomic E-state index is 0.258. The van der Waals surface area contributed by atoms with Gasteiger partial charge in [-0.3, -0.25) is 4.98 Å². The maximum absolute atomic E-state index is 13.4. The van der Waals surface area contributed by atoms with Gasteiger partial charge < -0.3 is 14.9 Å². The van der Waals surface area contributed by atoms with Crippen LogP contribution in [0.5, 0.6) is 0 Å². The van der Waals surface area contributed by atoms with Gasteiger partial charge in [0.15, 0.2) is 0 Å². The first kappa shape index (κ1) is 17.2. The molecule has 7 heteroatoms. The molecular formula is C21H20N4O2S. The zero-order chi connectivity index (χ0) is 19.3. The molecule has 0 radical (unpaired) electrons. The van der Waals surface area contributed by atoms with Gasteiger partial charge >= 0.3 is 0 Å². The van der Waals surface area contributed by atoms with Crippen LogP contribution in [0.4, 0.5) is 0 Å². The van der Waals surface area contributed by atoms with E-state index in [1.165, 1.54) is 5.57 Å². The Labute approximate surface area is 162 Å². The molecule has 0 spiro atoms. The van der Waals surface area contributed by atoms with Crippen molar-refractivity contribution in [3.63, 3.8) is 0 Å². The third-order valence-corrected chi connectivity index (χ3v) is 7.19. The van der Waals surface area contributed by atoms with Crippen molar-refractivity contribution in [2.75, 3.05) is 13.1 Å². The van der Waals surface area contributed by atoms with Crippen molar-refractivity contribution in [3.05, 3.63) is 60.6 Å². The van der Waals surface area contributed by atoms with Crippen LogP contribution >= 0.6 is 0 Å². The molecule has 5 rings (SSSR count). The summed E-state index contributed by atoms with van der Waals surface area (Å²) in [5.74, 6) is 0. The van der Waals surface area contributed by atoms with E-state index in [1.807, 2.05) is 36.1 Å². The summed E-state index contributed by atoms with van der Waals surface area (Å²) in [6.45, 7) is 1.73. The molecule has 142 valence electrons. The van der Waals surface area contributed by atoms with E-state index in [2.05, 4.69) is 21.4 Å². The van der Waals surface area contributed by atoms with E-state index in [-0.39, 0.29) is 9.79 Å². The molecule has 0 aliphatic carbocycles. The normalized spacial score (nSPS) is 15.2. The van der Waals surface area contributed by atoms with Gasteiger partial charge in [-0.15, -0.1) is 0 Å². The molecule has 6 nitrogen and oxygen atoms in total. The summed E-state index contributed by atoms with van der Waals surface area (Å²) in [6, 6.07) is 8.75. The number of nitrogens with one attached hydrogen (secondary N) is 2. The SMILES string of the molecule is Cn1ccc2cc(S(=O)(=O)c3ccnc4c(C5=CCNCC5)c[nH]c34)ccc21. The van der Waals surface area contributed by atoms with Gasteiger partial charge in [-0.05, 0) is 48.9 Å².